The predicted molar refractivity (Wildman–Crippen MR) is 178 cm³/mol. The van der Waals surface area contributed by atoms with E-state index in [4.69, 9.17) is 0 Å². The number of aliphatic hydroxyl groups excluding tert-OH is 2. The van der Waals surface area contributed by atoms with Crippen LogP contribution in [0.25, 0.3) is 0 Å². The van der Waals surface area contributed by atoms with Gasteiger partial charge in [0.15, 0.2) is 14.6 Å². The van der Waals surface area contributed by atoms with E-state index in [-0.39, 0.29) is 24.3 Å². The maximum absolute atomic E-state index is 13.5. The molecule has 13 heteroatoms. The molecule has 0 spiro atoms. The fourth-order valence-electron chi connectivity index (χ4n) is 6.40. The summed E-state index contributed by atoms with van der Waals surface area (Å²) in [6, 6.07) is 16.6. The van der Waals surface area contributed by atoms with Crippen LogP contribution < -0.4 is 0 Å². The van der Waals surface area contributed by atoms with Crippen LogP contribution in [0.5, 0.6) is 0 Å². The Kier molecular flexibility index (Phi) is 8.06. The van der Waals surface area contributed by atoms with Crippen molar-refractivity contribution >= 4 is 60.9 Å². The minimum atomic E-state index is -1.25. The highest BCUT2D eigenvalue weighted by atomic mass is 33.1. The molecule has 2 aromatic rings. The molecule has 6 aliphatic heterocycles. The van der Waals surface area contributed by atoms with E-state index < -0.39 is 26.1 Å². The van der Waals surface area contributed by atoms with Crippen LogP contribution in [0, 0.1) is 0 Å². The molecule has 2 aromatic carbocycles. The number of hydrogen-bond donors (Lipinski definition) is 2. The fraction of sp³-hybridized carbons (Fsp3) is 0.452. The maximum atomic E-state index is 13.5. The van der Waals surface area contributed by atoms with E-state index in [0.717, 1.165) is 29.7 Å². The number of benzene rings is 2. The van der Waals surface area contributed by atoms with Gasteiger partial charge < -0.3 is 29.8 Å². The van der Waals surface area contributed by atoms with E-state index in [1.807, 2.05) is 24.1 Å². The molecule has 2 N–H and O–H groups in total. The number of rotatable bonds is 9. The van der Waals surface area contributed by atoms with Crippen LogP contribution in [0.1, 0.15) is 22.3 Å². The number of carbonyl (C=O) groups is 3. The van der Waals surface area contributed by atoms with Gasteiger partial charge in [0.05, 0.1) is 13.2 Å². The zero-order valence-electron chi connectivity index (χ0n) is 25.1. The maximum Gasteiger partial charge on any atom is 0.263 e. The molecule has 8 rings (SSSR count). The van der Waals surface area contributed by atoms with Crippen molar-refractivity contribution in [3.05, 3.63) is 83.1 Å². The van der Waals surface area contributed by atoms with Crippen LogP contribution in [0.15, 0.2) is 60.8 Å². The lowest BCUT2D eigenvalue weighted by Crippen LogP contribution is -2.77. The molecule has 6 aliphatic rings. The average Bonchev–Trinajstić information content (AvgIpc) is 3.04. The molecule has 6 saturated heterocycles. The summed E-state index contributed by atoms with van der Waals surface area (Å²) in [7, 11) is 12.5. The minimum Gasteiger partial charge on any atom is -0.393 e. The summed E-state index contributed by atoms with van der Waals surface area (Å²) in [5.41, 5.74) is 5.15. The summed E-state index contributed by atoms with van der Waals surface area (Å²) >= 11 is 0. The van der Waals surface area contributed by atoms with Crippen molar-refractivity contribution in [2.45, 2.75) is 45.2 Å². The van der Waals surface area contributed by atoms with Crippen LogP contribution in [0.4, 0.5) is 0 Å². The van der Waals surface area contributed by atoms with Crippen molar-refractivity contribution in [3.63, 3.8) is 0 Å². The number of piperazine rings is 2. The van der Waals surface area contributed by atoms with Crippen molar-refractivity contribution in [2.24, 2.45) is 0 Å². The van der Waals surface area contributed by atoms with Gasteiger partial charge in [-0.05, 0) is 45.9 Å². The molecule has 9 nitrogen and oxygen atoms in total. The van der Waals surface area contributed by atoms with Gasteiger partial charge in [-0.3, -0.25) is 14.4 Å². The molecule has 234 valence electrons. The van der Waals surface area contributed by atoms with Crippen LogP contribution >= 0.6 is 43.2 Å². The van der Waals surface area contributed by atoms with Gasteiger partial charge >= 0.3 is 0 Å². The molecular formula is C31H36N4O5S4. The summed E-state index contributed by atoms with van der Waals surface area (Å²) in [6.45, 7) is 3.62. The summed E-state index contributed by atoms with van der Waals surface area (Å²) in [5.74, 6) is -0.432. The number of carbonyl (C=O) groups excluding carboxylic acids is 3. The van der Waals surface area contributed by atoms with E-state index in [1.54, 1.807) is 26.0 Å². The number of amides is 3. The number of fused-ring (bicyclic) bond motifs is 6. The molecule has 0 aromatic heterocycles. The van der Waals surface area contributed by atoms with Crippen molar-refractivity contribution in [1.29, 1.82) is 0 Å². The van der Waals surface area contributed by atoms with Gasteiger partial charge in [0.25, 0.3) is 17.7 Å². The van der Waals surface area contributed by atoms with Crippen LogP contribution in [0.3, 0.4) is 0 Å². The Balaban J connectivity index is 1.09. The topological polar surface area (TPSA) is 105 Å². The Bertz CT molecular complexity index is 1410. The predicted octanol–water partition coefficient (Wildman–Crippen LogP) is 2.96. The zero-order valence-corrected chi connectivity index (χ0v) is 28.4. The van der Waals surface area contributed by atoms with E-state index in [1.165, 1.54) is 64.1 Å². The lowest BCUT2D eigenvalue weighted by molar-refractivity contribution is -0.165. The van der Waals surface area contributed by atoms with Gasteiger partial charge in [-0.15, -0.1) is 0 Å². The number of hydrogen-bond acceptors (Lipinski definition) is 10. The zero-order chi connectivity index (χ0) is 31.7. The van der Waals surface area contributed by atoms with Crippen molar-refractivity contribution in [1.82, 2.24) is 19.6 Å². The van der Waals surface area contributed by atoms with Gasteiger partial charge in [0.1, 0.15) is 0 Å². The van der Waals surface area contributed by atoms with Gasteiger partial charge in [0.2, 0.25) is 4.87 Å². The first-order valence-electron chi connectivity index (χ1n) is 14.3. The molecule has 0 saturated carbocycles. The highest BCUT2D eigenvalue weighted by Gasteiger charge is 2.67. The molecule has 4 bridgehead atoms. The number of aryl methyl sites for hydroxylation is 2. The van der Waals surface area contributed by atoms with Crippen LogP contribution in [0.2, 0.25) is 0 Å². The van der Waals surface area contributed by atoms with Gasteiger partial charge in [-0.2, -0.15) is 0 Å². The Morgan fingerprint density at radius 3 is 1.32 bits per heavy atom. The molecular weight excluding hydrogens is 637 g/mol. The van der Waals surface area contributed by atoms with E-state index in [0.29, 0.717) is 12.8 Å². The van der Waals surface area contributed by atoms with Crippen LogP contribution in [-0.4, -0.2) is 108 Å². The van der Waals surface area contributed by atoms with Crippen molar-refractivity contribution in [2.75, 3.05) is 41.4 Å². The smallest absolute Gasteiger partial charge is 0.263 e. The highest BCUT2D eigenvalue weighted by Crippen LogP contribution is 2.62. The third-order valence-electron chi connectivity index (χ3n) is 9.64. The average molecular weight is 673 g/mol. The first-order valence-corrected chi connectivity index (χ1v) is 18.6. The molecule has 0 radical (unpaired) electrons. The first kappa shape index (κ1) is 31.7. The lowest BCUT2D eigenvalue weighted by Gasteiger charge is -2.61. The highest BCUT2D eigenvalue weighted by molar-refractivity contribution is 8.78. The third-order valence-corrected chi connectivity index (χ3v) is 17.1. The molecule has 3 amide bonds. The number of likely N-dealkylation sites (N-methyl/N-ethyl adjacent to an activating group) is 4. The first-order chi connectivity index (χ1) is 20.9. The van der Waals surface area contributed by atoms with Crippen molar-refractivity contribution in [3.8, 4) is 0 Å². The Hall–Kier alpha value is -2.29. The van der Waals surface area contributed by atoms with E-state index in [9.17, 15) is 24.6 Å². The molecule has 0 unspecified atom stereocenters. The second kappa shape index (κ2) is 11.2. The molecule has 4 atom stereocenters. The summed E-state index contributed by atoms with van der Waals surface area (Å²) in [5, 5.41) is 20.0. The fourth-order valence-corrected chi connectivity index (χ4v) is 13.8. The Labute approximate surface area is 273 Å². The molecule has 44 heavy (non-hydrogen) atoms. The SMILES string of the molecule is C=C1N(C)[C@@]2(Cc3ccc(CCc4ccc(C[C@@]56SS[C@@](CO)(C(=O)N5C)N(C)C6=O)cc4)cc3)SS[C@]1(CO)N(C)C2=O. The Morgan fingerprint density at radius 2 is 0.864 bits per heavy atom. The summed E-state index contributed by atoms with van der Waals surface area (Å²) < 4.78 is 0. The summed E-state index contributed by atoms with van der Waals surface area (Å²) in [4.78, 5) is 42.5. The van der Waals surface area contributed by atoms with E-state index >= 15 is 0 Å². The normalized spacial score (nSPS) is 31.5. The molecule has 6 fully saturated rings. The quantitative estimate of drug-likeness (QED) is 0.387. The van der Waals surface area contributed by atoms with Gasteiger partial charge in [-0.1, -0.05) is 87.5 Å². The second-order valence-corrected chi connectivity index (χ2v) is 17.2. The largest absolute Gasteiger partial charge is 0.393 e. The van der Waals surface area contributed by atoms with Gasteiger partial charge in [-0.25, -0.2) is 0 Å². The molecule has 6 heterocycles. The minimum absolute atomic E-state index is 0.0189. The van der Waals surface area contributed by atoms with Crippen molar-refractivity contribution < 1.29 is 24.6 Å². The number of nitrogens with zero attached hydrogens (tertiary/aromatic N) is 4. The van der Waals surface area contributed by atoms with Crippen LogP contribution in [-0.2, 0) is 40.1 Å². The Morgan fingerprint density at radius 1 is 0.545 bits per heavy atom. The number of aliphatic hydroxyl groups is 2. The monoisotopic (exact) mass is 672 g/mol. The standard InChI is InChI=1S/C31H36N4O5S4/c1-20-30(18-36)34(4)25(38)28(32(20)2,41-43-30)16-23-12-8-21(9-13-23)6-7-22-10-14-24(15-11-22)17-29-26(39)35(5)31(19-37,44-42-29)27(40)33(29)3/h8-15,36-37H,1,6-7,16-19H2,2-5H3/t28-,29-,30-,31-/m0/s1. The van der Waals surface area contributed by atoms with Gasteiger partial charge in [0, 0.05) is 46.7 Å². The molecule has 0 aliphatic carbocycles. The lowest BCUT2D eigenvalue weighted by atomic mass is 9.95. The third kappa shape index (κ3) is 4.37. The summed E-state index contributed by atoms with van der Waals surface area (Å²) in [6.07, 6.45) is 2.62. The second-order valence-electron chi connectivity index (χ2n) is 11.9. The van der Waals surface area contributed by atoms with E-state index in [2.05, 4.69) is 43.0 Å².